The third kappa shape index (κ3) is 3.77. The highest BCUT2D eigenvalue weighted by molar-refractivity contribution is 9.10. The second kappa shape index (κ2) is 9.12. The van der Waals surface area contributed by atoms with Crippen molar-refractivity contribution in [3.8, 4) is 5.75 Å². The predicted octanol–water partition coefficient (Wildman–Crippen LogP) is 5.24. The molecule has 1 heterocycles. The van der Waals surface area contributed by atoms with Crippen molar-refractivity contribution in [2.45, 2.75) is 33.1 Å². The summed E-state index contributed by atoms with van der Waals surface area (Å²) in [7, 11) is 1.57. The van der Waals surface area contributed by atoms with Gasteiger partial charge in [0, 0.05) is 10.0 Å². The van der Waals surface area contributed by atoms with Crippen LogP contribution in [0.5, 0.6) is 5.75 Å². The first kappa shape index (κ1) is 24.4. The lowest BCUT2D eigenvalue weighted by atomic mass is 9.63. The number of imide groups is 1. The van der Waals surface area contributed by atoms with Gasteiger partial charge in [-0.15, -0.1) is 0 Å². The molecule has 0 radical (unpaired) electrons. The van der Waals surface area contributed by atoms with Crippen LogP contribution in [0.2, 0.25) is 0 Å². The van der Waals surface area contributed by atoms with Crippen LogP contribution >= 0.6 is 15.9 Å². The van der Waals surface area contributed by atoms with E-state index >= 15 is 0 Å². The maximum atomic E-state index is 14.1. The highest BCUT2D eigenvalue weighted by atomic mass is 79.9. The molecule has 6 nitrogen and oxygen atoms in total. The maximum Gasteiger partial charge on any atom is 0.259 e. The van der Waals surface area contributed by atoms with Gasteiger partial charge in [0.15, 0.2) is 0 Å². The molecule has 1 aliphatic heterocycles. The fourth-order valence-corrected chi connectivity index (χ4v) is 7.60. The van der Waals surface area contributed by atoms with Crippen molar-refractivity contribution in [2.75, 3.05) is 18.7 Å². The van der Waals surface area contributed by atoms with E-state index < -0.39 is 0 Å². The molecule has 0 N–H and O–H groups in total. The van der Waals surface area contributed by atoms with E-state index in [-0.39, 0.29) is 48.1 Å². The number of rotatable bonds is 7. The van der Waals surface area contributed by atoms with Crippen LogP contribution in [-0.2, 0) is 22.4 Å². The highest BCUT2D eigenvalue weighted by Gasteiger charge is 2.67. The van der Waals surface area contributed by atoms with Crippen LogP contribution in [0, 0.1) is 35.5 Å². The number of benzene rings is 2. The van der Waals surface area contributed by atoms with E-state index in [1.165, 1.54) is 4.90 Å². The molecule has 2 bridgehead atoms. The minimum Gasteiger partial charge on any atom is -0.497 e. The Morgan fingerprint density at radius 3 is 2.14 bits per heavy atom. The molecule has 2 aromatic carbocycles. The summed E-state index contributed by atoms with van der Waals surface area (Å²) in [5.41, 5.74) is 3.20. The van der Waals surface area contributed by atoms with E-state index in [4.69, 9.17) is 4.74 Å². The predicted molar refractivity (Wildman–Crippen MR) is 144 cm³/mol. The average Bonchev–Trinajstić information content (AvgIpc) is 3.71. The van der Waals surface area contributed by atoms with Gasteiger partial charge in [0.2, 0.25) is 11.8 Å². The first-order valence-electron chi connectivity index (χ1n) is 13.2. The van der Waals surface area contributed by atoms with E-state index in [1.807, 2.05) is 12.1 Å². The van der Waals surface area contributed by atoms with Crippen molar-refractivity contribution in [1.82, 2.24) is 4.90 Å². The Labute approximate surface area is 225 Å². The maximum absolute atomic E-state index is 14.1. The molecule has 5 aliphatic rings. The molecule has 3 fully saturated rings. The van der Waals surface area contributed by atoms with Crippen LogP contribution in [0.25, 0.3) is 0 Å². The summed E-state index contributed by atoms with van der Waals surface area (Å²) < 4.78 is 6.31. The van der Waals surface area contributed by atoms with Gasteiger partial charge in [-0.1, -0.05) is 48.0 Å². The smallest absolute Gasteiger partial charge is 0.259 e. The number of methoxy groups -OCH3 is 1. The Balaban J connectivity index is 1.42. The molecular formula is C30H31BrN2O4. The van der Waals surface area contributed by atoms with Crippen molar-refractivity contribution in [1.29, 1.82) is 0 Å². The minimum atomic E-state index is -0.291. The number of hydrogen-bond donors (Lipinski definition) is 0. The highest BCUT2D eigenvalue weighted by Crippen LogP contribution is 2.65. The third-order valence-corrected chi connectivity index (χ3v) is 9.32. The number of aryl methyl sites for hydroxylation is 2. The standard InChI is InChI=1S/C30H31BrN2O4/c1-4-16-11-19(31)12-17(5-2)27(16)32(28(34)18-7-6-8-20(13-18)37-3)15-33-29(35)25-21-9-10-22(24-14-23(21)24)26(25)30(33)36/h6-13,21-26H,4-5,14-15H2,1-3H3. The van der Waals surface area contributed by atoms with Gasteiger partial charge in [-0.3, -0.25) is 24.2 Å². The van der Waals surface area contributed by atoms with E-state index in [0.717, 1.165) is 27.7 Å². The minimum absolute atomic E-state index is 0.0862. The van der Waals surface area contributed by atoms with Gasteiger partial charge >= 0.3 is 0 Å². The monoisotopic (exact) mass is 562 g/mol. The van der Waals surface area contributed by atoms with Crippen molar-refractivity contribution in [3.05, 3.63) is 69.7 Å². The van der Waals surface area contributed by atoms with Crippen LogP contribution in [-0.4, -0.2) is 36.4 Å². The number of ether oxygens (including phenoxy) is 1. The lowest BCUT2D eigenvalue weighted by molar-refractivity contribution is -0.140. The molecule has 7 rings (SSSR count). The summed E-state index contributed by atoms with van der Waals surface area (Å²) >= 11 is 3.61. The molecule has 3 amide bonds. The Kier molecular flexibility index (Phi) is 6.02. The zero-order valence-corrected chi connectivity index (χ0v) is 22.9. The van der Waals surface area contributed by atoms with Gasteiger partial charge in [-0.05, 0) is 84.4 Å². The number of carbonyl (C=O) groups excluding carboxylic acids is 3. The normalized spacial score (nSPS) is 28.8. The summed E-state index contributed by atoms with van der Waals surface area (Å²) in [6.45, 7) is 4.02. The van der Waals surface area contributed by atoms with Crippen LogP contribution in [0.3, 0.4) is 0 Å². The van der Waals surface area contributed by atoms with Gasteiger partial charge in [0.1, 0.15) is 12.4 Å². The van der Waals surface area contributed by atoms with Gasteiger partial charge in [0.25, 0.3) is 5.91 Å². The molecular weight excluding hydrogens is 532 g/mol. The molecule has 0 aromatic heterocycles. The molecule has 0 spiro atoms. The first-order chi connectivity index (χ1) is 17.9. The molecule has 1 saturated heterocycles. The number of nitrogens with zero attached hydrogens (tertiary/aromatic N) is 2. The van der Waals surface area contributed by atoms with Crippen molar-refractivity contribution < 1.29 is 19.1 Å². The van der Waals surface area contributed by atoms with Crippen LogP contribution in [0.15, 0.2) is 53.0 Å². The van der Waals surface area contributed by atoms with Crippen LogP contribution in [0.4, 0.5) is 5.69 Å². The van der Waals surface area contributed by atoms with Crippen molar-refractivity contribution in [3.63, 3.8) is 0 Å². The van der Waals surface area contributed by atoms with Gasteiger partial charge in [-0.2, -0.15) is 0 Å². The SMILES string of the molecule is CCc1cc(Br)cc(CC)c1N(CN1C(=O)C2C3C=CC(C4CC34)C2C1=O)C(=O)c1cccc(OC)c1. The molecule has 6 atom stereocenters. The lowest BCUT2D eigenvalue weighted by Crippen LogP contribution is -2.46. The zero-order chi connectivity index (χ0) is 26.0. The zero-order valence-electron chi connectivity index (χ0n) is 21.3. The number of hydrogen-bond acceptors (Lipinski definition) is 4. The summed E-state index contributed by atoms with van der Waals surface area (Å²) in [4.78, 5) is 44.8. The molecule has 7 heteroatoms. The topological polar surface area (TPSA) is 66.9 Å². The van der Waals surface area contributed by atoms with Crippen LogP contribution in [0.1, 0.15) is 41.8 Å². The quantitative estimate of drug-likeness (QED) is 0.342. The summed E-state index contributed by atoms with van der Waals surface area (Å²) in [5.74, 6) is 0.845. The van der Waals surface area contributed by atoms with Crippen molar-refractivity contribution in [2.24, 2.45) is 35.5 Å². The Morgan fingerprint density at radius 1 is 1.00 bits per heavy atom. The number of halogens is 1. The van der Waals surface area contributed by atoms with Gasteiger partial charge in [-0.25, -0.2) is 0 Å². The van der Waals surface area contributed by atoms with E-state index in [1.54, 1.807) is 36.3 Å². The van der Waals surface area contributed by atoms with Gasteiger partial charge in [0.05, 0.1) is 24.6 Å². The molecule has 4 aliphatic carbocycles. The second-order valence-corrected chi connectivity index (χ2v) is 11.6. The first-order valence-corrected chi connectivity index (χ1v) is 14.0. The van der Waals surface area contributed by atoms with Crippen LogP contribution < -0.4 is 9.64 Å². The molecule has 2 saturated carbocycles. The van der Waals surface area contributed by atoms with E-state index in [0.29, 0.717) is 36.0 Å². The fourth-order valence-electron chi connectivity index (χ4n) is 7.05. The number of likely N-dealkylation sites (tertiary alicyclic amines) is 1. The molecule has 192 valence electrons. The largest absolute Gasteiger partial charge is 0.497 e. The average molecular weight is 563 g/mol. The number of allylic oxidation sites excluding steroid dienone is 2. The molecule has 6 unspecified atom stereocenters. The number of carbonyl (C=O) groups is 3. The number of anilines is 1. The third-order valence-electron chi connectivity index (χ3n) is 8.86. The van der Waals surface area contributed by atoms with Crippen molar-refractivity contribution >= 4 is 39.3 Å². The summed E-state index contributed by atoms with van der Waals surface area (Å²) in [6.07, 6.45) is 6.87. The van der Waals surface area contributed by atoms with E-state index in [2.05, 4.69) is 41.9 Å². The number of amides is 3. The summed E-state index contributed by atoms with van der Waals surface area (Å²) in [5, 5.41) is 0. The fraction of sp³-hybridized carbons (Fsp3) is 0.433. The summed E-state index contributed by atoms with van der Waals surface area (Å²) in [6, 6.07) is 11.1. The van der Waals surface area contributed by atoms with E-state index in [9.17, 15) is 14.4 Å². The molecule has 37 heavy (non-hydrogen) atoms. The van der Waals surface area contributed by atoms with Gasteiger partial charge < -0.3 is 4.74 Å². The Morgan fingerprint density at radius 2 is 1.59 bits per heavy atom. The lowest BCUT2D eigenvalue weighted by Gasteiger charge is -2.37. The molecule has 2 aromatic rings. The Bertz CT molecular complexity index is 1280. The second-order valence-electron chi connectivity index (χ2n) is 10.6. The Hall–Kier alpha value is -2.93.